The fourth-order valence-corrected chi connectivity index (χ4v) is 1.88. The molecule has 0 saturated carbocycles. The minimum absolute atomic E-state index is 0.0874. The first-order valence-corrected chi connectivity index (χ1v) is 8.87. The minimum Gasteiger partial charge on any atom is -0.452 e. The molecule has 1 aromatic rings. The number of hydrogen-bond donors (Lipinski definition) is 3. The summed E-state index contributed by atoms with van der Waals surface area (Å²) in [7, 11) is 0. The van der Waals surface area contributed by atoms with Gasteiger partial charge in [0.2, 0.25) is 0 Å². The number of hydrogen-bond acceptors (Lipinski definition) is 6. The van der Waals surface area contributed by atoms with Crippen molar-refractivity contribution >= 4 is 29.7 Å². The van der Waals surface area contributed by atoms with E-state index in [9.17, 15) is 19.2 Å². The molecule has 1 rings (SSSR count). The Morgan fingerprint density at radius 2 is 1.82 bits per heavy atom. The average molecular weight is 393 g/mol. The molecule has 0 aliphatic rings. The molecule has 0 unspecified atom stereocenters. The van der Waals surface area contributed by atoms with Crippen molar-refractivity contribution in [1.29, 1.82) is 0 Å². The van der Waals surface area contributed by atoms with Crippen molar-refractivity contribution < 1.29 is 28.7 Å². The largest absolute Gasteiger partial charge is 0.452 e. The van der Waals surface area contributed by atoms with Gasteiger partial charge >= 0.3 is 18.1 Å². The maximum absolute atomic E-state index is 12.1. The van der Waals surface area contributed by atoms with Crippen molar-refractivity contribution in [3.63, 3.8) is 0 Å². The van der Waals surface area contributed by atoms with Crippen molar-refractivity contribution in [2.45, 2.75) is 52.7 Å². The van der Waals surface area contributed by atoms with Gasteiger partial charge in [0.05, 0.1) is 5.56 Å². The van der Waals surface area contributed by atoms with E-state index in [1.54, 1.807) is 39.8 Å². The molecule has 9 nitrogen and oxygen atoms in total. The zero-order valence-electron chi connectivity index (χ0n) is 16.8. The van der Waals surface area contributed by atoms with Gasteiger partial charge in [-0.3, -0.25) is 15.4 Å². The van der Waals surface area contributed by atoms with E-state index in [0.717, 1.165) is 0 Å². The summed E-state index contributed by atoms with van der Waals surface area (Å²) in [6.45, 7) is 8.26. The molecule has 0 saturated heterocycles. The number of amides is 4. The number of rotatable bonds is 6. The summed E-state index contributed by atoms with van der Waals surface area (Å²) >= 11 is 0. The number of esters is 1. The number of carbonyl (C=O) groups excluding carboxylic acids is 4. The van der Waals surface area contributed by atoms with Crippen LogP contribution in [0.25, 0.3) is 0 Å². The van der Waals surface area contributed by atoms with E-state index < -0.39 is 36.2 Å². The maximum Gasteiger partial charge on any atom is 0.412 e. The highest BCUT2D eigenvalue weighted by molar-refractivity contribution is 5.97. The van der Waals surface area contributed by atoms with Gasteiger partial charge in [-0.25, -0.2) is 14.4 Å². The third kappa shape index (κ3) is 9.02. The highest BCUT2D eigenvalue weighted by Gasteiger charge is 2.17. The summed E-state index contributed by atoms with van der Waals surface area (Å²) in [5, 5.41) is 7.14. The molecule has 1 atom stereocenters. The standard InChI is InChI=1S/C19H27N3O6/c1-6-12(2)20-17(25)22-15(23)11-27-16(24)13-8-7-9-14(10-13)21-18(26)28-19(3,4)5/h7-10,12H,6,11H2,1-5H3,(H,21,26)(H2,20,22,23,25)/t12-/m1/s1. The highest BCUT2D eigenvalue weighted by Crippen LogP contribution is 2.14. The van der Waals surface area contributed by atoms with Crippen LogP contribution in [0.15, 0.2) is 24.3 Å². The minimum atomic E-state index is -0.773. The van der Waals surface area contributed by atoms with E-state index in [0.29, 0.717) is 12.1 Å². The Morgan fingerprint density at radius 1 is 1.14 bits per heavy atom. The van der Waals surface area contributed by atoms with Crippen LogP contribution in [-0.4, -0.2) is 42.3 Å². The molecule has 0 radical (unpaired) electrons. The Morgan fingerprint density at radius 3 is 2.43 bits per heavy atom. The fraction of sp³-hybridized carbons (Fsp3) is 0.474. The normalized spacial score (nSPS) is 11.8. The second-order valence-corrected chi connectivity index (χ2v) is 7.11. The molecule has 0 spiro atoms. The lowest BCUT2D eigenvalue weighted by Gasteiger charge is -2.19. The third-order valence-electron chi connectivity index (χ3n) is 3.32. The summed E-state index contributed by atoms with van der Waals surface area (Å²) < 4.78 is 10.0. The molecule has 0 heterocycles. The molecule has 0 aliphatic carbocycles. The fourth-order valence-electron chi connectivity index (χ4n) is 1.88. The number of nitrogens with one attached hydrogen (secondary N) is 3. The van der Waals surface area contributed by atoms with Crippen molar-refractivity contribution in [2.24, 2.45) is 0 Å². The van der Waals surface area contributed by atoms with Crippen LogP contribution in [0.4, 0.5) is 15.3 Å². The van der Waals surface area contributed by atoms with Gasteiger partial charge < -0.3 is 14.8 Å². The first-order chi connectivity index (χ1) is 13.0. The molecule has 9 heteroatoms. The third-order valence-corrected chi connectivity index (χ3v) is 3.32. The van der Waals surface area contributed by atoms with Crippen LogP contribution < -0.4 is 16.0 Å². The predicted octanol–water partition coefficient (Wildman–Crippen LogP) is 2.81. The molecule has 4 amide bonds. The average Bonchev–Trinajstić information content (AvgIpc) is 2.57. The van der Waals surface area contributed by atoms with E-state index in [-0.39, 0.29) is 11.6 Å². The van der Waals surface area contributed by atoms with Gasteiger partial charge in [0.25, 0.3) is 5.91 Å². The molecule has 154 valence electrons. The Balaban J connectivity index is 2.55. The van der Waals surface area contributed by atoms with Crippen molar-refractivity contribution in [3.8, 4) is 0 Å². The van der Waals surface area contributed by atoms with Crippen molar-refractivity contribution in [1.82, 2.24) is 10.6 Å². The van der Waals surface area contributed by atoms with Gasteiger partial charge in [-0.05, 0) is 52.3 Å². The zero-order valence-corrected chi connectivity index (χ0v) is 16.8. The maximum atomic E-state index is 12.1. The van der Waals surface area contributed by atoms with Crippen LogP contribution >= 0.6 is 0 Å². The van der Waals surface area contributed by atoms with Gasteiger partial charge in [-0.15, -0.1) is 0 Å². The van der Waals surface area contributed by atoms with Crippen LogP contribution in [0.1, 0.15) is 51.4 Å². The van der Waals surface area contributed by atoms with Gasteiger partial charge in [0.15, 0.2) is 6.61 Å². The van der Waals surface area contributed by atoms with Crippen LogP contribution in [0.3, 0.4) is 0 Å². The number of benzene rings is 1. The Bertz CT molecular complexity index is 727. The van der Waals surface area contributed by atoms with Crippen LogP contribution in [-0.2, 0) is 14.3 Å². The highest BCUT2D eigenvalue weighted by atomic mass is 16.6. The molecule has 0 bridgehead atoms. The summed E-state index contributed by atoms with van der Waals surface area (Å²) in [5.74, 6) is -1.53. The van der Waals surface area contributed by atoms with E-state index >= 15 is 0 Å². The lowest BCUT2D eigenvalue weighted by Crippen LogP contribution is -2.44. The van der Waals surface area contributed by atoms with Gasteiger partial charge in [-0.1, -0.05) is 13.0 Å². The van der Waals surface area contributed by atoms with Gasteiger partial charge in [0.1, 0.15) is 5.60 Å². The van der Waals surface area contributed by atoms with Crippen molar-refractivity contribution in [2.75, 3.05) is 11.9 Å². The van der Waals surface area contributed by atoms with Crippen molar-refractivity contribution in [3.05, 3.63) is 29.8 Å². The zero-order chi connectivity index (χ0) is 21.3. The predicted molar refractivity (Wildman–Crippen MR) is 103 cm³/mol. The van der Waals surface area contributed by atoms with Crippen LogP contribution in [0, 0.1) is 0 Å². The van der Waals surface area contributed by atoms with Gasteiger partial charge in [-0.2, -0.15) is 0 Å². The van der Waals surface area contributed by atoms with E-state index in [1.165, 1.54) is 12.1 Å². The summed E-state index contributed by atoms with van der Waals surface area (Å²) in [6, 6.07) is 5.24. The SMILES string of the molecule is CC[C@@H](C)NC(=O)NC(=O)COC(=O)c1cccc(NC(=O)OC(C)(C)C)c1. The van der Waals surface area contributed by atoms with Gasteiger partial charge in [0, 0.05) is 11.7 Å². The molecule has 0 fully saturated rings. The lowest BCUT2D eigenvalue weighted by molar-refractivity contribution is -0.123. The number of anilines is 1. The van der Waals surface area contributed by atoms with Crippen LogP contribution in [0.5, 0.6) is 0 Å². The lowest BCUT2D eigenvalue weighted by atomic mass is 10.2. The summed E-state index contributed by atoms with van der Waals surface area (Å²) in [6.07, 6.45) is 0.0503. The molecule has 0 aromatic heterocycles. The first kappa shape index (κ1) is 22.9. The monoisotopic (exact) mass is 393 g/mol. The van der Waals surface area contributed by atoms with E-state index in [1.807, 2.05) is 6.92 Å². The first-order valence-electron chi connectivity index (χ1n) is 8.87. The van der Waals surface area contributed by atoms with Crippen LogP contribution in [0.2, 0.25) is 0 Å². The summed E-state index contributed by atoms with van der Waals surface area (Å²) in [5.41, 5.74) is -0.193. The second-order valence-electron chi connectivity index (χ2n) is 7.11. The smallest absolute Gasteiger partial charge is 0.412 e. The molecule has 3 N–H and O–H groups in total. The second kappa shape index (κ2) is 10.3. The molecule has 28 heavy (non-hydrogen) atoms. The molecule has 1 aromatic carbocycles. The Kier molecular flexibility index (Phi) is 8.43. The van der Waals surface area contributed by atoms with E-state index in [4.69, 9.17) is 9.47 Å². The summed E-state index contributed by atoms with van der Waals surface area (Å²) in [4.78, 5) is 47.1. The molecular weight excluding hydrogens is 366 g/mol. The number of ether oxygens (including phenoxy) is 2. The topological polar surface area (TPSA) is 123 Å². The number of imide groups is 1. The van der Waals surface area contributed by atoms with E-state index in [2.05, 4.69) is 16.0 Å². The number of carbonyl (C=O) groups is 4. The number of urea groups is 1. The quantitative estimate of drug-likeness (QED) is 0.639. The molecular formula is C19H27N3O6. The Hall–Kier alpha value is -3.10. The molecule has 0 aliphatic heterocycles. The Labute approximate surface area is 164 Å².